The van der Waals surface area contributed by atoms with Gasteiger partial charge in [0.25, 0.3) is 11.8 Å². The van der Waals surface area contributed by atoms with Crippen molar-refractivity contribution in [2.75, 3.05) is 17.3 Å². The number of aryl methyl sites for hydroxylation is 2. The summed E-state index contributed by atoms with van der Waals surface area (Å²) in [5.74, 6) is -1.13. The Balaban J connectivity index is 1.88. The number of rotatable bonds is 5. The molecule has 1 heterocycles. The van der Waals surface area contributed by atoms with E-state index < -0.39 is 17.6 Å². The third-order valence-corrected chi connectivity index (χ3v) is 5.49. The Bertz CT molecular complexity index is 1270. The van der Waals surface area contributed by atoms with E-state index in [9.17, 15) is 14.0 Å². The minimum absolute atomic E-state index is 0.0792. The van der Waals surface area contributed by atoms with Crippen LogP contribution in [-0.2, 0) is 9.59 Å². The van der Waals surface area contributed by atoms with E-state index in [2.05, 4.69) is 5.32 Å². The Morgan fingerprint density at radius 2 is 1.66 bits per heavy atom. The number of anilines is 2. The third-order valence-electron chi connectivity index (χ3n) is 5.25. The minimum Gasteiger partial charge on any atom is -0.495 e. The first kappa shape index (κ1) is 21.6. The van der Waals surface area contributed by atoms with Gasteiger partial charge in [-0.2, -0.15) is 0 Å². The van der Waals surface area contributed by atoms with E-state index in [1.807, 2.05) is 26.0 Å². The molecule has 4 rings (SSSR count). The van der Waals surface area contributed by atoms with Crippen molar-refractivity contribution in [3.05, 3.63) is 93.9 Å². The average molecular weight is 451 g/mol. The number of imide groups is 1. The van der Waals surface area contributed by atoms with Crippen LogP contribution in [0.1, 0.15) is 16.7 Å². The van der Waals surface area contributed by atoms with Crippen LogP contribution < -0.4 is 15.0 Å². The van der Waals surface area contributed by atoms with Gasteiger partial charge in [0.05, 0.1) is 18.4 Å². The van der Waals surface area contributed by atoms with Crippen LogP contribution in [-0.4, -0.2) is 18.9 Å². The Morgan fingerprint density at radius 1 is 0.938 bits per heavy atom. The number of hydrogen-bond donors (Lipinski definition) is 1. The number of nitrogens with zero attached hydrogens (tertiary/aromatic N) is 1. The van der Waals surface area contributed by atoms with Crippen LogP contribution in [0.4, 0.5) is 15.8 Å². The maximum Gasteiger partial charge on any atom is 0.282 e. The molecule has 0 radical (unpaired) electrons. The fourth-order valence-corrected chi connectivity index (χ4v) is 3.76. The van der Waals surface area contributed by atoms with Crippen molar-refractivity contribution < 1.29 is 18.7 Å². The highest BCUT2D eigenvalue weighted by Gasteiger charge is 2.41. The highest BCUT2D eigenvalue weighted by Crippen LogP contribution is 2.38. The number of carbonyl (C=O) groups is 2. The van der Waals surface area contributed by atoms with Crippen molar-refractivity contribution in [3.63, 3.8) is 0 Å². The second-order valence-corrected chi connectivity index (χ2v) is 7.90. The maximum absolute atomic E-state index is 13.6. The van der Waals surface area contributed by atoms with Gasteiger partial charge in [-0.25, -0.2) is 9.29 Å². The van der Waals surface area contributed by atoms with Crippen molar-refractivity contribution in [2.24, 2.45) is 0 Å². The van der Waals surface area contributed by atoms with Gasteiger partial charge in [0.1, 0.15) is 17.3 Å². The van der Waals surface area contributed by atoms with Crippen molar-refractivity contribution >= 4 is 40.4 Å². The molecule has 1 N–H and O–H groups in total. The molecule has 0 aliphatic carbocycles. The smallest absolute Gasteiger partial charge is 0.282 e. The lowest BCUT2D eigenvalue weighted by Crippen LogP contribution is -2.32. The highest BCUT2D eigenvalue weighted by atomic mass is 35.5. The molecule has 0 saturated heterocycles. The summed E-state index contributed by atoms with van der Waals surface area (Å²) < 4.78 is 19.0. The number of carbonyl (C=O) groups excluding carboxylic acids is 2. The van der Waals surface area contributed by atoms with Gasteiger partial charge in [0.2, 0.25) is 0 Å². The SMILES string of the molecule is COc1ccc(C)cc1N1C(=O)C(Nc2cc(Cl)ccc2C)=C(c2ccc(F)cc2)C1=O. The Morgan fingerprint density at radius 3 is 2.34 bits per heavy atom. The number of halogens is 2. The number of methoxy groups -OCH3 is 1. The zero-order chi connectivity index (χ0) is 23.0. The van der Waals surface area contributed by atoms with Gasteiger partial charge in [-0.05, 0) is 66.9 Å². The second kappa shape index (κ2) is 8.48. The van der Waals surface area contributed by atoms with E-state index in [0.29, 0.717) is 27.7 Å². The maximum atomic E-state index is 13.6. The second-order valence-electron chi connectivity index (χ2n) is 7.46. The molecule has 162 valence electrons. The molecular formula is C25H20ClFN2O3. The number of nitrogens with one attached hydrogen (secondary N) is 1. The fraction of sp³-hybridized carbons (Fsp3) is 0.120. The van der Waals surface area contributed by atoms with Gasteiger partial charge < -0.3 is 10.1 Å². The van der Waals surface area contributed by atoms with Crippen LogP contribution >= 0.6 is 11.6 Å². The monoisotopic (exact) mass is 450 g/mol. The fourth-order valence-electron chi connectivity index (χ4n) is 3.59. The predicted octanol–water partition coefficient (Wildman–Crippen LogP) is 5.50. The van der Waals surface area contributed by atoms with E-state index in [1.54, 1.807) is 24.3 Å². The predicted molar refractivity (Wildman–Crippen MR) is 123 cm³/mol. The molecule has 0 bridgehead atoms. The number of ether oxygens (including phenoxy) is 1. The van der Waals surface area contributed by atoms with Crippen LogP contribution in [0, 0.1) is 19.7 Å². The number of hydrogen-bond acceptors (Lipinski definition) is 4. The van der Waals surface area contributed by atoms with Gasteiger partial charge in [-0.15, -0.1) is 0 Å². The third kappa shape index (κ3) is 3.85. The Kier molecular flexibility index (Phi) is 5.72. The highest BCUT2D eigenvalue weighted by molar-refractivity contribution is 6.46. The van der Waals surface area contributed by atoms with Gasteiger partial charge in [0, 0.05) is 10.7 Å². The molecular weight excluding hydrogens is 431 g/mol. The molecule has 0 spiro atoms. The van der Waals surface area contributed by atoms with Crippen LogP contribution in [0.25, 0.3) is 5.57 Å². The summed E-state index contributed by atoms with van der Waals surface area (Å²) in [6.45, 7) is 3.72. The Hall–Kier alpha value is -3.64. The number of amides is 2. The van der Waals surface area contributed by atoms with Crippen molar-refractivity contribution in [2.45, 2.75) is 13.8 Å². The summed E-state index contributed by atoms with van der Waals surface area (Å²) >= 11 is 6.14. The van der Waals surface area contributed by atoms with Crippen LogP contribution in [0.2, 0.25) is 5.02 Å². The topological polar surface area (TPSA) is 58.6 Å². The van der Waals surface area contributed by atoms with Crippen molar-refractivity contribution in [3.8, 4) is 5.75 Å². The first-order valence-corrected chi connectivity index (χ1v) is 10.2. The van der Waals surface area contributed by atoms with E-state index in [0.717, 1.165) is 16.0 Å². The van der Waals surface area contributed by atoms with E-state index >= 15 is 0 Å². The molecule has 0 atom stereocenters. The molecule has 3 aromatic carbocycles. The lowest BCUT2D eigenvalue weighted by atomic mass is 10.0. The van der Waals surface area contributed by atoms with Crippen LogP contribution in [0.5, 0.6) is 5.75 Å². The van der Waals surface area contributed by atoms with Gasteiger partial charge in [-0.3, -0.25) is 9.59 Å². The van der Waals surface area contributed by atoms with Crippen molar-refractivity contribution in [1.29, 1.82) is 0 Å². The summed E-state index contributed by atoms with van der Waals surface area (Å²) in [4.78, 5) is 28.2. The van der Waals surface area contributed by atoms with Crippen LogP contribution in [0.3, 0.4) is 0 Å². The summed E-state index contributed by atoms with van der Waals surface area (Å²) in [5, 5.41) is 3.58. The molecule has 0 saturated carbocycles. The lowest BCUT2D eigenvalue weighted by molar-refractivity contribution is -0.120. The summed E-state index contributed by atoms with van der Waals surface area (Å²) in [5.41, 5.74) is 3.26. The van der Waals surface area contributed by atoms with E-state index in [-0.39, 0.29) is 11.3 Å². The van der Waals surface area contributed by atoms with Gasteiger partial charge in [0.15, 0.2) is 0 Å². The van der Waals surface area contributed by atoms with E-state index in [1.165, 1.54) is 31.4 Å². The molecule has 0 aromatic heterocycles. The molecule has 3 aromatic rings. The molecule has 7 heteroatoms. The van der Waals surface area contributed by atoms with Crippen molar-refractivity contribution in [1.82, 2.24) is 0 Å². The average Bonchev–Trinajstić information content (AvgIpc) is 3.00. The molecule has 32 heavy (non-hydrogen) atoms. The standard InChI is InChI=1S/C25H20ClFN2O3/c1-14-4-11-21(32-3)20(12-14)29-24(30)22(16-6-9-18(27)10-7-16)23(25(29)31)28-19-13-17(26)8-5-15(19)2/h4-13,28H,1-3H3. The normalized spacial score (nSPS) is 13.7. The summed E-state index contributed by atoms with van der Waals surface area (Å²) in [6.07, 6.45) is 0. The first-order valence-electron chi connectivity index (χ1n) is 9.87. The van der Waals surface area contributed by atoms with Crippen LogP contribution in [0.15, 0.2) is 66.4 Å². The largest absolute Gasteiger partial charge is 0.495 e. The minimum atomic E-state index is -0.544. The zero-order valence-corrected chi connectivity index (χ0v) is 18.5. The summed E-state index contributed by atoms with van der Waals surface area (Å²) in [7, 11) is 1.47. The molecule has 0 unspecified atom stereocenters. The first-order chi connectivity index (χ1) is 15.3. The molecule has 5 nitrogen and oxygen atoms in total. The zero-order valence-electron chi connectivity index (χ0n) is 17.7. The molecule has 1 aliphatic rings. The lowest BCUT2D eigenvalue weighted by Gasteiger charge is -2.19. The molecule has 0 fully saturated rings. The van der Waals surface area contributed by atoms with Gasteiger partial charge >= 0.3 is 0 Å². The quantitative estimate of drug-likeness (QED) is 0.521. The molecule has 2 amide bonds. The van der Waals surface area contributed by atoms with Gasteiger partial charge in [-0.1, -0.05) is 35.9 Å². The van der Waals surface area contributed by atoms with E-state index in [4.69, 9.17) is 16.3 Å². The molecule has 1 aliphatic heterocycles. The Labute approximate surface area is 190 Å². The number of benzene rings is 3. The summed E-state index contributed by atoms with van der Waals surface area (Å²) in [6, 6.07) is 15.9.